The highest BCUT2D eigenvalue weighted by Gasteiger charge is 2.22. The summed E-state index contributed by atoms with van der Waals surface area (Å²) in [5.74, 6) is -0.167. The van der Waals surface area contributed by atoms with Gasteiger partial charge in [-0.15, -0.1) is 0 Å². The SMILES string of the molecule is Cc1cc(C)c2nc(N(Cc3ccccc3)C(=O)c3cccc(C#N)c3)sc2c1. The van der Waals surface area contributed by atoms with Gasteiger partial charge in [0.15, 0.2) is 5.13 Å². The number of thiazole rings is 1. The fraction of sp³-hybridized carbons (Fsp3) is 0.125. The molecule has 0 aliphatic heterocycles. The van der Waals surface area contributed by atoms with E-state index < -0.39 is 0 Å². The highest BCUT2D eigenvalue weighted by molar-refractivity contribution is 7.22. The number of anilines is 1. The number of hydrogen-bond donors (Lipinski definition) is 0. The lowest BCUT2D eigenvalue weighted by molar-refractivity contribution is 0.0985. The molecule has 0 spiro atoms. The maximum absolute atomic E-state index is 13.4. The summed E-state index contributed by atoms with van der Waals surface area (Å²) in [6.07, 6.45) is 0. The second-order valence-electron chi connectivity index (χ2n) is 6.99. The minimum absolute atomic E-state index is 0.167. The van der Waals surface area contributed by atoms with Gasteiger partial charge in [-0.3, -0.25) is 9.69 Å². The summed E-state index contributed by atoms with van der Waals surface area (Å²) in [6.45, 7) is 4.51. The molecule has 0 aliphatic rings. The Kier molecular flexibility index (Phi) is 5.11. The van der Waals surface area contributed by atoms with Gasteiger partial charge in [0.05, 0.1) is 28.4 Å². The van der Waals surface area contributed by atoms with Crippen LogP contribution in [0.3, 0.4) is 0 Å². The van der Waals surface area contributed by atoms with Crippen molar-refractivity contribution in [2.24, 2.45) is 0 Å². The molecule has 0 unspecified atom stereocenters. The maximum Gasteiger partial charge on any atom is 0.260 e. The van der Waals surface area contributed by atoms with Crippen LogP contribution in [-0.4, -0.2) is 10.9 Å². The molecule has 1 heterocycles. The van der Waals surface area contributed by atoms with Crippen LogP contribution < -0.4 is 4.90 Å². The number of carbonyl (C=O) groups excluding carboxylic acids is 1. The van der Waals surface area contributed by atoms with E-state index in [0.29, 0.717) is 22.8 Å². The Bertz CT molecular complexity index is 1240. The number of nitriles is 1. The molecule has 0 atom stereocenters. The largest absolute Gasteiger partial charge is 0.279 e. The van der Waals surface area contributed by atoms with Gasteiger partial charge in [-0.2, -0.15) is 5.26 Å². The van der Waals surface area contributed by atoms with Crippen LogP contribution >= 0.6 is 11.3 Å². The number of fused-ring (bicyclic) bond motifs is 1. The number of aromatic nitrogens is 1. The fourth-order valence-electron chi connectivity index (χ4n) is 3.34. The molecular formula is C24H19N3OS. The van der Waals surface area contributed by atoms with Gasteiger partial charge in [0, 0.05) is 5.56 Å². The van der Waals surface area contributed by atoms with Gasteiger partial charge in [0.1, 0.15) is 0 Å². The Morgan fingerprint density at radius 3 is 2.62 bits per heavy atom. The maximum atomic E-state index is 13.4. The zero-order valence-corrected chi connectivity index (χ0v) is 17.0. The third-order valence-corrected chi connectivity index (χ3v) is 5.74. The Morgan fingerprint density at radius 2 is 1.86 bits per heavy atom. The molecule has 1 amide bonds. The third kappa shape index (κ3) is 3.89. The van der Waals surface area contributed by atoms with Crippen LogP contribution in [0.5, 0.6) is 0 Å². The van der Waals surface area contributed by atoms with E-state index in [1.54, 1.807) is 29.2 Å². The lowest BCUT2D eigenvalue weighted by Gasteiger charge is -2.20. The summed E-state index contributed by atoms with van der Waals surface area (Å²) in [7, 11) is 0. The van der Waals surface area contributed by atoms with E-state index >= 15 is 0 Å². The highest BCUT2D eigenvalue weighted by Crippen LogP contribution is 2.33. The summed E-state index contributed by atoms with van der Waals surface area (Å²) in [5, 5.41) is 9.86. The van der Waals surface area contributed by atoms with E-state index in [2.05, 4.69) is 25.1 Å². The molecule has 4 nitrogen and oxygen atoms in total. The molecule has 0 N–H and O–H groups in total. The second-order valence-corrected chi connectivity index (χ2v) is 8.00. The van der Waals surface area contributed by atoms with Crippen LogP contribution in [0.25, 0.3) is 10.2 Å². The molecule has 0 saturated heterocycles. The average molecular weight is 398 g/mol. The van der Waals surface area contributed by atoms with E-state index in [1.807, 2.05) is 37.3 Å². The Morgan fingerprint density at radius 1 is 1.07 bits per heavy atom. The standard InChI is InChI=1S/C24H19N3OS/c1-16-11-17(2)22-21(12-16)29-24(26-22)27(15-18-7-4-3-5-8-18)23(28)20-10-6-9-19(13-20)14-25/h3-13H,15H2,1-2H3. The topological polar surface area (TPSA) is 57.0 Å². The molecule has 142 valence electrons. The van der Waals surface area contributed by atoms with Crippen LogP contribution in [0.15, 0.2) is 66.7 Å². The van der Waals surface area contributed by atoms with E-state index in [4.69, 9.17) is 4.98 Å². The van der Waals surface area contributed by atoms with Crippen molar-refractivity contribution in [1.29, 1.82) is 5.26 Å². The van der Waals surface area contributed by atoms with Crippen LogP contribution in [0.1, 0.15) is 32.6 Å². The van der Waals surface area contributed by atoms with Gasteiger partial charge in [-0.1, -0.05) is 53.8 Å². The van der Waals surface area contributed by atoms with Crippen molar-refractivity contribution in [2.75, 3.05) is 4.90 Å². The summed E-state index contributed by atoms with van der Waals surface area (Å²) in [6, 6.07) is 23.0. The van der Waals surface area contributed by atoms with Crippen molar-refractivity contribution in [3.05, 3.63) is 94.5 Å². The quantitative estimate of drug-likeness (QED) is 0.448. The average Bonchev–Trinajstić information content (AvgIpc) is 3.16. The molecular weight excluding hydrogens is 378 g/mol. The minimum atomic E-state index is -0.167. The molecule has 0 aliphatic carbocycles. The number of carbonyl (C=O) groups is 1. The smallest absolute Gasteiger partial charge is 0.260 e. The van der Waals surface area contributed by atoms with Gasteiger partial charge < -0.3 is 0 Å². The molecule has 5 heteroatoms. The molecule has 0 saturated carbocycles. The number of nitrogens with zero attached hydrogens (tertiary/aromatic N) is 3. The first kappa shape index (κ1) is 18.9. The molecule has 0 bridgehead atoms. The lowest BCUT2D eigenvalue weighted by Crippen LogP contribution is -2.30. The first-order valence-electron chi connectivity index (χ1n) is 9.29. The van der Waals surface area contributed by atoms with Crippen LogP contribution in [0.2, 0.25) is 0 Å². The second kappa shape index (κ2) is 7.86. The summed E-state index contributed by atoms with van der Waals surface area (Å²) in [4.78, 5) is 19.9. The third-order valence-electron chi connectivity index (χ3n) is 4.72. The molecule has 4 aromatic rings. The van der Waals surface area contributed by atoms with E-state index in [0.717, 1.165) is 21.3 Å². The monoisotopic (exact) mass is 397 g/mol. The summed E-state index contributed by atoms with van der Waals surface area (Å²) >= 11 is 1.51. The van der Waals surface area contributed by atoms with Gasteiger partial charge in [-0.25, -0.2) is 4.98 Å². The first-order valence-corrected chi connectivity index (χ1v) is 10.1. The molecule has 29 heavy (non-hydrogen) atoms. The first-order chi connectivity index (χ1) is 14.0. The van der Waals surface area contributed by atoms with Gasteiger partial charge in [0.2, 0.25) is 0 Å². The Balaban J connectivity index is 1.81. The number of benzene rings is 3. The van der Waals surface area contributed by atoms with Crippen molar-refractivity contribution in [2.45, 2.75) is 20.4 Å². The predicted octanol–water partition coefficient (Wildman–Crippen LogP) is 5.63. The number of amides is 1. The molecule has 1 aromatic heterocycles. The van der Waals surface area contributed by atoms with Crippen LogP contribution in [-0.2, 0) is 6.54 Å². The highest BCUT2D eigenvalue weighted by atomic mass is 32.1. The van der Waals surface area contributed by atoms with Crippen molar-refractivity contribution >= 4 is 32.6 Å². The van der Waals surface area contributed by atoms with Crippen molar-refractivity contribution in [3.63, 3.8) is 0 Å². The lowest BCUT2D eigenvalue weighted by atomic mass is 10.1. The van der Waals surface area contributed by atoms with Gasteiger partial charge in [0.25, 0.3) is 5.91 Å². The predicted molar refractivity (Wildman–Crippen MR) is 117 cm³/mol. The van der Waals surface area contributed by atoms with Crippen molar-refractivity contribution in [3.8, 4) is 6.07 Å². The molecule has 3 aromatic carbocycles. The number of hydrogen-bond acceptors (Lipinski definition) is 4. The fourth-order valence-corrected chi connectivity index (χ4v) is 4.48. The van der Waals surface area contributed by atoms with E-state index in [1.165, 1.54) is 16.9 Å². The normalized spacial score (nSPS) is 10.7. The van der Waals surface area contributed by atoms with E-state index in [9.17, 15) is 10.1 Å². The number of rotatable bonds is 4. The molecule has 4 rings (SSSR count). The van der Waals surface area contributed by atoms with Gasteiger partial charge in [-0.05, 0) is 54.8 Å². The Labute approximate surface area is 173 Å². The van der Waals surface area contributed by atoms with Crippen molar-refractivity contribution < 1.29 is 4.79 Å². The summed E-state index contributed by atoms with van der Waals surface area (Å²) < 4.78 is 1.06. The zero-order chi connectivity index (χ0) is 20.4. The van der Waals surface area contributed by atoms with E-state index in [-0.39, 0.29) is 5.91 Å². The van der Waals surface area contributed by atoms with Crippen LogP contribution in [0.4, 0.5) is 5.13 Å². The van der Waals surface area contributed by atoms with Crippen LogP contribution in [0, 0.1) is 25.2 Å². The number of aryl methyl sites for hydroxylation is 2. The van der Waals surface area contributed by atoms with Gasteiger partial charge >= 0.3 is 0 Å². The summed E-state index contributed by atoms with van der Waals surface area (Å²) in [5.41, 5.74) is 5.16. The van der Waals surface area contributed by atoms with Crippen molar-refractivity contribution in [1.82, 2.24) is 4.98 Å². The molecule has 0 fully saturated rings. The Hall–Kier alpha value is -3.49. The minimum Gasteiger partial charge on any atom is -0.279 e. The molecule has 0 radical (unpaired) electrons. The zero-order valence-electron chi connectivity index (χ0n) is 16.2.